The van der Waals surface area contributed by atoms with Crippen LogP contribution in [0.2, 0.25) is 0 Å². The zero-order valence-corrected chi connectivity index (χ0v) is 8.13. The summed E-state index contributed by atoms with van der Waals surface area (Å²) in [5.41, 5.74) is 0. The van der Waals surface area contributed by atoms with Crippen molar-refractivity contribution in [3.05, 3.63) is 6.33 Å². The van der Waals surface area contributed by atoms with Crippen molar-refractivity contribution >= 4 is 16.7 Å². The molecule has 1 heterocycles. The first-order valence-corrected chi connectivity index (χ1v) is 5.30. The molecule has 1 saturated carbocycles. The second-order valence-electron chi connectivity index (χ2n) is 3.46. The second kappa shape index (κ2) is 4.02. The molecule has 2 atom stereocenters. The molecule has 0 radical (unpaired) electrons. The van der Waals surface area contributed by atoms with E-state index in [0.29, 0.717) is 5.92 Å². The number of nitrogens with one attached hydrogen (secondary N) is 1. The van der Waals surface area contributed by atoms with Gasteiger partial charge in [-0.15, -0.1) is 0 Å². The van der Waals surface area contributed by atoms with Crippen molar-refractivity contribution in [3.8, 4) is 0 Å². The lowest BCUT2D eigenvalue weighted by molar-refractivity contribution is 0.178. The van der Waals surface area contributed by atoms with Gasteiger partial charge >= 0.3 is 0 Å². The predicted molar refractivity (Wildman–Crippen MR) is 51.7 cm³/mol. The maximum Gasteiger partial charge on any atom is 0.202 e. The number of aliphatic hydroxyl groups excluding tert-OH is 1. The topological polar surface area (TPSA) is 58.0 Å². The summed E-state index contributed by atoms with van der Waals surface area (Å²) in [6.45, 7) is 0.909. The van der Waals surface area contributed by atoms with E-state index < -0.39 is 0 Å². The van der Waals surface area contributed by atoms with Gasteiger partial charge in [0, 0.05) is 18.1 Å². The van der Waals surface area contributed by atoms with Crippen molar-refractivity contribution in [1.82, 2.24) is 9.36 Å². The summed E-state index contributed by atoms with van der Waals surface area (Å²) < 4.78 is 3.90. The average Bonchev–Trinajstić information content (AvgIpc) is 2.71. The molecule has 2 rings (SSSR count). The van der Waals surface area contributed by atoms with Gasteiger partial charge in [-0.05, 0) is 25.2 Å². The SMILES string of the molecule is OC1CCC(CNc2ncns2)C1. The first kappa shape index (κ1) is 8.90. The lowest BCUT2D eigenvalue weighted by atomic mass is 10.1. The maximum absolute atomic E-state index is 9.30. The first-order valence-electron chi connectivity index (χ1n) is 4.53. The van der Waals surface area contributed by atoms with Gasteiger partial charge in [-0.25, -0.2) is 4.98 Å². The number of anilines is 1. The number of rotatable bonds is 3. The van der Waals surface area contributed by atoms with Gasteiger partial charge in [0.25, 0.3) is 0 Å². The molecule has 2 N–H and O–H groups in total. The summed E-state index contributed by atoms with van der Waals surface area (Å²) in [6, 6.07) is 0. The molecule has 1 aliphatic carbocycles. The minimum atomic E-state index is -0.0822. The molecule has 0 spiro atoms. The Labute approximate surface area is 81.2 Å². The average molecular weight is 199 g/mol. The monoisotopic (exact) mass is 199 g/mol. The Bertz CT molecular complexity index is 252. The molecule has 4 nitrogen and oxygen atoms in total. The number of hydrogen-bond donors (Lipinski definition) is 2. The van der Waals surface area contributed by atoms with Crippen LogP contribution in [-0.2, 0) is 0 Å². The highest BCUT2D eigenvalue weighted by atomic mass is 32.1. The summed E-state index contributed by atoms with van der Waals surface area (Å²) in [5, 5.41) is 13.4. The lowest BCUT2D eigenvalue weighted by Gasteiger charge is -2.08. The molecule has 2 unspecified atom stereocenters. The van der Waals surface area contributed by atoms with Gasteiger partial charge in [-0.2, -0.15) is 4.37 Å². The van der Waals surface area contributed by atoms with Gasteiger partial charge in [0.15, 0.2) is 0 Å². The van der Waals surface area contributed by atoms with Gasteiger partial charge in [0.05, 0.1) is 6.10 Å². The fraction of sp³-hybridized carbons (Fsp3) is 0.750. The van der Waals surface area contributed by atoms with E-state index in [-0.39, 0.29) is 6.10 Å². The maximum atomic E-state index is 9.30. The standard InChI is InChI=1S/C8H13N3OS/c12-7-2-1-6(3-7)4-9-8-10-5-11-13-8/h5-7,12H,1-4H2,(H,9,10,11). The molecular weight excluding hydrogens is 186 g/mol. The molecule has 72 valence electrons. The molecular formula is C8H13N3OS. The van der Waals surface area contributed by atoms with E-state index >= 15 is 0 Å². The molecule has 0 aliphatic heterocycles. The summed E-state index contributed by atoms with van der Waals surface area (Å²) in [6.07, 6.45) is 4.46. The number of aliphatic hydroxyl groups is 1. The van der Waals surface area contributed by atoms with Crippen molar-refractivity contribution in [2.75, 3.05) is 11.9 Å². The van der Waals surface area contributed by atoms with Crippen molar-refractivity contribution in [1.29, 1.82) is 0 Å². The predicted octanol–water partition coefficient (Wildman–Crippen LogP) is 1.11. The van der Waals surface area contributed by atoms with Crippen LogP contribution in [0.4, 0.5) is 5.13 Å². The normalized spacial score (nSPS) is 27.8. The number of hydrogen-bond acceptors (Lipinski definition) is 5. The third-order valence-corrected chi connectivity index (χ3v) is 3.04. The van der Waals surface area contributed by atoms with Gasteiger partial charge in [0.1, 0.15) is 6.33 Å². The second-order valence-corrected chi connectivity index (χ2v) is 4.24. The zero-order valence-electron chi connectivity index (χ0n) is 7.31. The molecule has 1 aliphatic rings. The smallest absolute Gasteiger partial charge is 0.202 e. The molecule has 5 heteroatoms. The Hall–Kier alpha value is -0.680. The summed E-state index contributed by atoms with van der Waals surface area (Å²) in [7, 11) is 0. The van der Waals surface area contributed by atoms with Crippen molar-refractivity contribution in [2.24, 2.45) is 5.92 Å². The van der Waals surface area contributed by atoms with Crippen molar-refractivity contribution in [3.63, 3.8) is 0 Å². The van der Waals surface area contributed by atoms with Crippen LogP contribution < -0.4 is 5.32 Å². The minimum Gasteiger partial charge on any atom is -0.393 e. The van der Waals surface area contributed by atoms with E-state index in [1.807, 2.05) is 0 Å². The Morgan fingerprint density at radius 1 is 1.62 bits per heavy atom. The Kier molecular flexibility index (Phi) is 2.75. The van der Waals surface area contributed by atoms with Gasteiger partial charge in [-0.3, -0.25) is 0 Å². The van der Waals surface area contributed by atoms with Crippen LogP contribution in [0.1, 0.15) is 19.3 Å². The highest BCUT2D eigenvalue weighted by Crippen LogP contribution is 2.25. The largest absolute Gasteiger partial charge is 0.393 e. The molecule has 0 amide bonds. The molecule has 1 aromatic rings. The molecule has 1 fully saturated rings. The Morgan fingerprint density at radius 2 is 2.54 bits per heavy atom. The van der Waals surface area contributed by atoms with E-state index in [9.17, 15) is 5.11 Å². The van der Waals surface area contributed by atoms with Crippen molar-refractivity contribution in [2.45, 2.75) is 25.4 Å². The molecule has 0 aromatic carbocycles. The van der Waals surface area contributed by atoms with E-state index in [2.05, 4.69) is 14.7 Å². The van der Waals surface area contributed by atoms with Crippen molar-refractivity contribution < 1.29 is 5.11 Å². The van der Waals surface area contributed by atoms with Crippen LogP contribution in [-0.4, -0.2) is 27.1 Å². The molecule has 0 saturated heterocycles. The van der Waals surface area contributed by atoms with Gasteiger partial charge in [0.2, 0.25) is 5.13 Å². The quantitative estimate of drug-likeness (QED) is 0.765. The number of nitrogens with zero attached hydrogens (tertiary/aromatic N) is 2. The highest BCUT2D eigenvalue weighted by molar-refractivity contribution is 7.09. The summed E-state index contributed by atoms with van der Waals surface area (Å²) >= 11 is 1.37. The minimum absolute atomic E-state index is 0.0822. The van der Waals surface area contributed by atoms with E-state index in [0.717, 1.165) is 30.9 Å². The third-order valence-electron chi connectivity index (χ3n) is 2.42. The zero-order chi connectivity index (χ0) is 9.10. The van der Waals surface area contributed by atoms with Crippen LogP contribution in [0.25, 0.3) is 0 Å². The summed E-state index contributed by atoms with van der Waals surface area (Å²) in [4.78, 5) is 4.03. The highest BCUT2D eigenvalue weighted by Gasteiger charge is 2.22. The lowest BCUT2D eigenvalue weighted by Crippen LogP contribution is -2.12. The molecule has 13 heavy (non-hydrogen) atoms. The van der Waals surface area contributed by atoms with E-state index in [1.54, 1.807) is 6.33 Å². The Morgan fingerprint density at radius 3 is 3.15 bits per heavy atom. The first-order chi connectivity index (χ1) is 6.34. The van der Waals surface area contributed by atoms with E-state index in [1.165, 1.54) is 11.5 Å². The van der Waals surface area contributed by atoms with Gasteiger partial charge < -0.3 is 10.4 Å². The summed E-state index contributed by atoms with van der Waals surface area (Å²) in [5.74, 6) is 0.596. The number of aromatic nitrogens is 2. The fourth-order valence-corrected chi connectivity index (χ4v) is 2.15. The van der Waals surface area contributed by atoms with Crippen LogP contribution in [0, 0.1) is 5.92 Å². The Balaban J connectivity index is 1.74. The van der Waals surface area contributed by atoms with E-state index in [4.69, 9.17) is 0 Å². The van der Waals surface area contributed by atoms with Crippen LogP contribution in [0.15, 0.2) is 6.33 Å². The van der Waals surface area contributed by atoms with Gasteiger partial charge in [-0.1, -0.05) is 0 Å². The third kappa shape index (κ3) is 2.38. The van der Waals surface area contributed by atoms with Crippen LogP contribution >= 0.6 is 11.5 Å². The fourth-order valence-electron chi connectivity index (χ4n) is 1.72. The van der Waals surface area contributed by atoms with Crippen LogP contribution in [0.5, 0.6) is 0 Å². The molecule has 1 aromatic heterocycles. The molecule has 0 bridgehead atoms. The van der Waals surface area contributed by atoms with Crippen LogP contribution in [0.3, 0.4) is 0 Å².